The molecule has 0 fully saturated rings. The van der Waals surface area contributed by atoms with Gasteiger partial charge in [0.15, 0.2) is 11.6 Å². The predicted octanol–water partition coefficient (Wildman–Crippen LogP) is 4.20. The molecule has 2 aromatic carbocycles. The van der Waals surface area contributed by atoms with Crippen LogP contribution in [0.3, 0.4) is 0 Å². The van der Waals surface area contributed by atoms with E-state index in [2.05, 4.69) is 11.9 Å². The number of carbonyl (C=O) groups excluding carboxylic acids is 1. The van der Waals surface area contributed by atoms with E-state index in [1.807, 2.05) is 42.5 Å². The quantitative estimate of drug-likeness (QED) is 0.545. The van der Waals surface area contributed by atoms with Gasteiger partial charge < -0.3 is 14.2 Å². The number of esters is 1. The third-order valence-corrected chi connectivity index (χ3v) is 4.46. The Labute approximate surface area is 159 Å². The van der Waals surface area contributed by atoms with Crippen LogP contribution in [0.1, 0.15) is 30.0 Å². The number of hydrogen-bond acceptors (Lipinski definition) is 5. The van der Waals surface area contributed by atoms with Crippen LogP contribution in [-0.4, -0.2) is 26.1 Å². The molecule has 1 aliphatic rings. The fourth-order valence-corrected chi connectivity index (χ4v) is 2.98. The number of aryl methyl sites for hydroxylation is 2. The molecule has 0 bridgehead atoms. The average molecular weight is 365 g/mol. The zero-order valence-corrected chi connectivity index (χ0v) is 15.8. The Morgan fingerprint density at radius 3 is 2.56 bits per heavy atom. The number of rotatable bonds is 7. The molecule has 0 amide bonds. The van der Waals surface area contributed by atoms with Crippen molar-refractivity contribution in [2.45, 2.75) is 26.2 Å². The van der Waals surface area contributed by atoms with E-state index in [0.29, 0.717) is 24.5 Å². The van der Waals surface area contributed by atoms with E-state index in [1.54, 1.807) is 20.3 Å². The van der Waals surface area contributed by atoms with Crippen LogP contribution < -0.4 is 9.47 Å². The summed E-state index contributed by atoms with van der Waals surface area (Å²) >= 11 is 0. The van der Waals surface area contributed by atoms with Gasteiger partial charge in [0, 0.05) is 12.0 Å². The van der Waals surface area contributed by atoms with Crippen LogP contribution in [-0.2, 0) is 22.4 Å². The third kappa shape index (κ3) is 4.37. The van der Waals surface area contributed by atoms with Crippen molar-refractivity contribution < 1.29 is 19.0 Å². The average Bonchev–Trinajstić information content (AvgIpc) is 3.05. The standard InChI is InChI=1S/C22H23NO4/c1-4-15-9-11-20(26-3)17(13-15)14-18-22(24)27-21(23-18)12-10-16-7-5-6-8-19(16)25-2/h5-9,11,13-14H,4,10,12H2,1-3H3/b18-14+. The van der Waals surface area contributed by atoms with Crippen LogP contribution in [0, 0.1) is 0 Å². The smallest absolute Gasteiger partial charge is 0.363 e. The van der Waals surface area contributed by atoms with Gasteiger partial charge in [-0.3, -0.25) is 0 Å². The normalized spacial score (nSPS) is 14.9. The number of ether oxygens (including phenoxy) is 3. The molecule has 3 rings (SSSR count). The van der Waals surface area contributed by atoms with Gasteiger partial charge in [-0.15, -0.1) is 0 Å². The first-order valence-electron chi connectivity index (χ1n) is 8.94. The molecule has 0 spiro atoms. The molecule has 0 atom stereocenters. The minimum Gasteiger partial charge on any atom is -0.496 e. The second kappa shape index (κ2) is 8.54. The maximum absolute atomic E-state index is 12.2. The highest BCUT2D eigenvalue weighted by atomic mass is 16.6. The molecule has 140 valence electrons. The lowest BCUT2D eigenvalue weighted by Gasteiger charge is -2.07. The maximum atomic E-state index is 12.2. The molecule has 1 heterocycles. The van der Waals surface area contributed by atoms with Gasteiger partial charge in [-0.2, -0.15) is 0 Å². The Morgan fingerprint density at radius 1 is 1.04 bits per heavy atom. The van der Waals surface area contributed by atoms with Crippen molar-refractivity contribution in [3.05, 3.63) is 64.9 Å². The van der Waals surface area contributed by atoms with Crippen molar-refractivity contribution in [2.75, 3.05) is 14.2 Å². The zero-order chi connectivity index (χ0) is 19.2. The highest BCUT2D eigenvalue weighted by Crippen LogP contribution is 2.26. The number of benzene rings is 2. The molecule has 2 aromatic rings. The van der Waals surface area contributed by atoms with Gasteiger partial charge in [-0.05, 0) is 48.2 Å². The maximum Gasteiger partial charge on any atom is 0.363 e. The Kier molecular flexibility index (Phi) is 5.91. The summed E-state index contributed by atoms with van der Waals surface area (Å²) in [7, 11) is 3.25. The lowest BCUT2D eigenvalue weighted by molar-refractivity contribution is -0.130. The van der Waals surface area contributed by atoms with Crippen molar-refractivity contribution in [1.82, 2.24) is 0 Å². The number of para-hydroxylation sites is 1. The molecular formula is C22H23NO4. The Hall–Kier alpha value is -3.08. The largest absolute Gasteiger partial charge is 0.496 e. The van der Waals surface area contributed by atoms with Gasteiger partial charge in [0.1, 0.15) is 11.5 Å². The first-order valence-corrected chi connectivity index (χ1v) is 8.94. The number of hydrogen-bond donors (Lipinski definition) is 0. The third-order valence-electron chi connectivity index (χ3n) is 4.46. The van der Waals surface area contributed by atoms with Gasteiger partial charge in [0.2, 0.25) is 0 Å². The van der Waals surface area contributed by atoms with Gasteiger partial charge in [-0.25, -0.2) is 9.79 Å². The Bertz CT molecular complexity index is 899. The summed E-state index contributed by atoms with van der Waals surface area (Å²) < 4.78 is 16.1. The molecule has 27 heavy (non-hydrogen) atoms. The van der Waals surface area contributed by atoms with Crippen LogP contribution in [0.25, 0.3) is 6.08 Å². The van der Waals surface area contributed by atoms with Gasteiger partial charge >= 0.3 is 5.97 Å². The Morgan fingerprint density at radius 2 is 1.81 bits per heavy atom. The van der Waals surface area contributed by atoms with E-state index in [1.165, 1.54) is 0 Å². The molecule has 1 aliphatic heterocycles. The van der Waals surface area contributed by atoms with Gasteiger partial charge in [-0.1, -0.05) is 31.2 Å². The molecule has 5 heteroatoms. The first-order chi connectivity index (χ1) is 13.1. The summed E-state index contributed by atoms with van der Waals surface area (Å²) in [6.07, 6.45) is 3.82. The fourth-order valence-electron chi connectivity index (χ4n) is 2.98. The molecule has 5 nitrogen and oxygen atoms in total. The molecular weight excluding hydrogens is 342 g/mol. The van der Waals surface area contributed by atoms with Crippen LogP contribution >= 0.6 is 0 Å². The van der Waals surface area contributed by atoms with E-state index in [0.717, 1.165) is 28.9 Å². The minimum absolute atomic E-state index is 0.288. The number of methoxy groups -OCH3 is 2. The Balaban J connectivity index is 1.79. The van der Waals surface area contributed by atoms with E-state index >= 15 is 0 Å². The van der Waals surface area contributed by atoms with Crippen LogP contribution in [0.5, 0.6) is 11.5 Å². The zero-order valence-electron chi connectivity index (χ0n) is 15.8. The molecule has 0 saturated heterocycles. The summed E-state index contributed by atoms with van der Waals surface area (Å²) in [6, 6.07) is 13.7. The summed E-state index contributed by atoms with van der Waals surface area (Å²) in [5.41, 5.74) is 3.32. The molecule has 0 unspecified atom stereocenters. The molecule has 0 aliphatic carbocycles. The molecule has 0 radical (unpaired) electrons. The lowest BCUT2D eigenvalue weighted by Crippen LogP contribution is -2.05. The minimum atomic E-state index is -0.436. The second-order valence-electron chi connectivity index (χ2n) is 6.17. The summed E-state index contributed by atoms with van der Waals surface area (Å²) in [5.74, 6) is 1.50. The van der Waals surface area contributed by atoms with Crippen molar-refractivity contribution in [1.29, 1.82) is 0 Å². The number of nitrogens with zero attached hydrogens (tertiary/aromatic N) is 1. The topological polar surface area (TPSA) is 57.1 Å². The van der Waals surface area contributed by atoms with Crippen LogP contribution in [0.2, 0.25) is 0 Å². The molecule has 0 N–H and O–H groups in total. The van der Waals surface area contributed by atoms with Crippen molar-refractivity contribution >= 4 is 17.9 Å². The number of carbonyl (C=O) groups is 1. The second-order valence-corrected chi connectivity index (χ2v) is 6.17. The fraction of sp³-hybridized carbons (Fsp3) is 0.273. The van der Waals surface area contributed by atoms with Crippen molar-refractivity contribution in [3.8, 4) is 11.5 Å². The first kappa shape index (κ1) is 18.7. The predicted molar refractivity (Wildman–Crippen MR) is 105 cm³/mol. The van der Waals surface area contributed by atoms with E-state index in [4.69, 9.17) is 14.2 Å². The van der Waals surface area contributed by atoms with E-state index < -0.39 is 5.97 Å². The van der Waals surface area contributed by atoms with Crippen LogP contribution in [0.15, 0.2) is 53.2 Å². The number of cyclic esters (lactones) is 1. The SMILES string of the molecule is CCc1ccc(OC)c(/C=C2/N=C(CCc3ccccc3OC)OC2=O)c1. The van der Waals surface area contributed by atoms with Crippen LogP contribution in [0.4, 0.5) is 0 Å². The van der Waals surface area contributed by atoms with Crippen molar-refractivity contribution in [3.63, 3.8) is 0 Å². The molecule has 0 saturated carbocycles. The number of aliphatic imine (C=N–C) groups is 1. The highest BCUT2D eigenvalue weighted by Gasteiger charge is 2.23. The van der Waals surface area contributed by atoms with Crippen molar-refractivity contribution in [2.24, 2.45) is 4.99 Å². The summed E-state index contributed by atoms with van der Waals surface area (Å²) in [5, 5.41) is 0. The lowest BCUT2D eigenvalue weighted by atomic mass is 10.1. The monoisotopic (exact) mass is 365 g/mol. The highest BCUT2D eigenvalue weighted by molar-refractivity contribution is 6.07. The summed E-state index contributed by atoms with van der Waals surface area (Å²) in [4.78, 5) is 16.6. The van der Waals surface area contributed by atoms with Gasteiger partial charge in [0.25, 0.3) is 0 Å². The summed E-state index contributed by atoms with van der Waals surface area (Å²) in [6.45, 7) is 2.08. The molecule has 0 aromatic heterocycles. The van der Waals surface area contributed by atoms with E-state index in [9.17, 15) is 4.79 Å². The van der Waals surface area contributed by atoms with E-state index in [-0.39, 0.29) is 5.70 Å². The van der Waals surface area contributed by atoms with Gasteiger partial charge in [0.05, 0.1) is 14.2 Å².